The quantitative estimate of drug-likeness (QED) is 0.197. The number of nitrogens with zero attached hydrogens (tertiary/aromatic N) is 12. The molecular formula is C40H53BrN14O4. The van der Waals surface area contributed by atoms with Gasteiger partial charge in [0.2, 0.25) is 0 Å². The molecule has 314 valence electrons. The number of likely N-dealkylation sites (tertiary alicyclic amines) is 2. The minimum absolute atomic E-state index is 0.0459. The van der Waals surface area contributed by atoms with Crippen LogP contribution in [-0.4, -0.2) is 108 Å². The lowest BCUT2D eigenvalue weighted by Crippen LogP contribution is -2.42. The lowest BCUT2D eigenvalue weighted by molar-refractivity contribution is 0.0187. The molecule has 8 heterocycles. The van der Waals surface area contributed by atoms with Crippen LogP contribution in [-0.2, 0) is 23.6 Å². The average Bonchev–Trinajstić information content (AvgIpc) is 3.99. The molecule has 0 aliphatic carbocycles. The number of fused-ring (bicyclic) bond motifs is 2. The Hall–Kier alpha value is -5.72. The van der Waals surface area contributed by atoms with Crippen LogP contribution >= 0.6 is 15.9 Å². The summed E-state index contributed by atoms with van der Waals surface area (Å²) < 4.78 is 18.6. The summed E-state index contributed by atoms with van der Waals surface area (Å²) in [6.07, 6.45) is 14.0. The van der Waals surface area contributed by atoms with Crippen molar-refractivity contribution in [1.29, 1.82) is 0 Å². The number of nitrogens with two attached hydrogens (primary N) is 2. The molecule has 0 spiro atoms. The Balaban J connectivity index is 0.000000179. The van der Waals surface area contributed by atoms with E-state index in [1.54, 1.807) is 53.0 Å². The van der Waals surface area contributed by atoms with Gasteiger partial charge in [-0.25, -0.2) is 19.6 Å². The van der Waals surface area contributed by atoms with Crippen LogP contribution in [0.3, 0.4) is 0 Å². The lowest BCUT2D eigenvalue weighted by atomic mass is 9.94. The molecule has 6 aromatic rings. The number of anilines is 2. The van der Waals surface area contributed by atoms with E-state index in [2.05, 4.69) is 36.3 Å². The molecule has 19 heteroatoms. The second kappa shape index (κ2) is 16.1. The SMILES string of the molecule is Cn1cc(-c2cnn3c(N)c(Br)c(C4CCCN(C(=O)OC(C)(C)C)C4)nc23)cn1.Cn1cc(-c2cnn3c(N)cc(C4CCCN(C(=O)OC(C)(C)C)C4)nc23)cn1. The largest absolute Gasteiger partial charge is 0.444 e. The highest BCUT2D eigenvalue weighted by Crippen LogP contribution is 2.37. The third-order valence-electron chi connectivity index (χ3n) is 10.2. The van der Waals surface area contributed by atoms with Gasteiger partial charge in [0.15, 0.2) is 11.3 Å². The first-order chi connectivity index (χ1) is 27.8. The van der Waals surface area contributed by atoms with Crippen molar-refractivity contribution in [2.45, 2.75) is 90.3 Å². The highest BCUT2D eigenvalue weighted by atomic mass is 79.9. The van der Waals surface area contributed by atoms with Gasteiger partial charge in [-0.2, -0.15) is 29.4 Å². The van der Waals surface area contributed by atoms with Gasteiger partial charge >= 0.3 is 12.2 Å². The number of aromatic nitrogens is 10. The van der Waals surface area contributed by atoms with Gasteiger partial charge in [-0.3, -0.25) is 9.36 Å². The first kappa shape index (κ1) is 41.4. The second-order valence-electron chi connectivity index (χ2n) is 17.2. The van der Waals surface area contributed by atoms with Gasteiger partial charge in [0, 0.05) is 92.8 Å². The predicted octanol–water partition coefficient (Wildman–Crippen LogP) is 6.42. The van der Waals surface area contributed by atoms with Gasteiger partial charge in [-0.1, -0.05) is 0 Å². The maximum absolute atomic E-state index is 12.6. The number of carbonyl (C=O) groups excluding carboxylic acids is 2. The van der Waals surface area contributed by atoms with E-state index in [4.69, 9.17) is 30.9 Å². The maximum atomic E-state index is 12.6. The average molecular weight is 874 g/mol. The molecule has 8 rings (SSSR count). The predicted molar refractivity (Wildman–Crippen MR) is 226 cm³/mol. The molecular weight excluding hydrogens is 820 g/mol. The van der Waals surface area contributed by atoms with Crippen molar-refractivity contribution in [3.05, 3.63) is 59.1 Å². The van der Waals surface area contributed by atoms with Crippen molar-refractivity contribution in [3.63, 3.8) is 0 Å². The standard InChI is InChI=1S/C20H26BrN7O2.C20H27N7O2/c1-20(2,3)30-19(29)27-7-5-6-12(11-27)16-15(21)17(22)28-18(25-16)14(9-24-28)13-8-23-26(4)10-13;1-20(2,3)29-19(28)26-7-5-6-13(12-26)16-8-17(21)27-18(24-16)15(10-23-27)14-9-22-25(4)11-14/h8-10,12H,5-7,11,22H2,1-4H3;8-11,13H,5-7,12,21H2,1-4H3. The highest BCUT2D eigenvalue weighted by molar-refractivity contribution is 9.10. The van der Waals surface area contributed by atoms with E-state index in [-0.39, 0.29) is 24.0 Å². The number of ether oxygens (including phenoxy) is 2. The van der Waals surface area contributed by atoms with Gasteiger partial charge in [0.25, 0.3) is 0 Å². The number of aryl methyl sites for hydroxylation is 2. The lowest BCUT2D eigenvalue weighted by Gasteiger charge is -2.34. The fourth-order valence-corrected chi connectivity index (χ4v) is 8.01. The van der Waals surface area contributed by atoms with E-state index < -0.39 is 11.2 Å². The van der Waals surface area contributed by atoms with Crippen molar-refractivity contribution < 1.29 is 19.1 Å². The van der Waals surface area contributed by atoms with Crippen LogP contribution in [0.4, 0.5) is 21.2 Å². The number of carbonyl (C=O) groups is 2. The van der Waals surface area contributed by atoms with E-state index in [1.165, 1.54) is 0 Å². The Morgan fingerprint density at radius 1 is 0.712 bits per heavy atom. The molecule has 59 heavy (non-hydrogen) atoms. The monoisotopic (exact) mass is 872 g/mol. The van der Waals surface area contributed by atoms with E-state index in [1.807, 2.05) is 74.1 Å². The second-order valence-corrected chi connectivity index (χ2v) is 18.0. The number of nitrogen functional groups attached to an aromatic ring is 2. The Kier molecular flexibility index (Phi) is 11.3. The molecule has 2 aliphatic rings. The Morgan fingerprint density at radius 2 is 1.20 bits per heavy atom. The van der Waals surface area contributed by atoms with Crippen molar-refractivity contribution in [2.75, 3.05) is 37.6 Å². The van der Waals surface area contributed by atoms with Crippen molar-refractivity contribution >= 4 is 51.0 Å². The number of hydrogen-bond acceptors (Lipinski definition) is 12. The zero-order chi connectivity index (χ0) is 42.4. The molecule has 2 saturated heterocycles. The van der Waals surface area contributed by atoms with Crippen molar-refractivity contribution in [3.8, 4) is 22.3 Å². The molecule has 18 nitrogen and oxygen atoms in total. The van der Waals surface area contributed by atoms with Crippen LogP contribution in [0.5, 0.6) is 0 Å². The smallest absolute Gasteiger partial charge is 0.410 e. The normalized spacial score (nSPS) is 17.6. The summed E-state index contributed by atoms with van der Waals surface area (Å²) in [7, 11) is 3.74. The third-order valence-corrected chi connectivity index (χ3v) is 11.0. The Morgan fingerprint density at radius 3 is 1.71 bits per heavy atom. The summed E-state index contributed by atoms with van der Waals surface area (Å²) in [6.45, 7) is 13.7. The summed E-state index contributed by atoms with van der Waals surface area (Å²) in [5.74, 6) is 1.15. The van der Waals surface area contributed by atoms with Crippen LogP contribution < -0.4 is 11.5 Å². The zero-order valence-electron chi connectivity index (χ0n) is 34.9. The van der Waals surface area contributed by atoms with Crippen LogP contribution in [0.15, 0.2) is 47.7 Å². The summed E-state index contributed by atoms with van der Waals surface area (Å²) in [6, 6.07) is 1.86. The van der Waals surface area contributed by atoms with Crippen molar-refractivity contribution in [2.24, 2.45) is 14.1 Å². The molecule has 0 radical (unpaired) electrons. The molecule has 0 aromatic carbocycles. The molecule has 0 saturated carbocycles. The minimum atomic E-state index is -0.525. The van der Waals surface area contributed by atoms with Gasteiger partial charge in [-0.05, 0) is 83.2 Å². The van der Waals surface area contributed by atoms with Crippen LogP contribution in [0.2, 0.25) is 0 Å². The topological polar surface area (TPSA) is 207 Å². The van der Waals surface area contributed by atoms with E-state index in [0.29, 0.717) is 53.6 Å². The molecule has 2 unspecified atom stereocenters. The summed E-state index contributed by atoms with van der Waals surface area (Å²) in [5.41, 5.74) is 18.3. The van der Waals surface area contributed by atoms with Gasteiger partial charge < -0.3 is 30.7 Å². The molecule has 2 aliphatic heterocycles. The fraction of sp³-hybridized carbons (Fsp3) is 0.500. The molecule has 6 aromatic heterocycles. The Bertz CT molecular complexity index is 2490. The molecule has 2 fully saturated rings. The minimum Gasteiger partial charge on any atom is -0.444 e. The van der Waals surface area contributed by atoms with Gasteiger partial charge in [0.05, 0.1) is 40.6 Å². The molecule has 0 bridgehead atoms. The maximum Gasteiger partial charge on any atom is 0.410 e. The first-order valence-electron chi connectivity index (χ1n) is 19.8. The number of rotatable bonds is 4. The molecule has 4 N–H and O–H groups in total. The number of halogens is 1. The van der Waals surface area contributed by atoms with Crippen LogP contribution in [0.1, 0.15) is 90.4 Å². The number of piperidine rings is 2. The van der Waals surface area contributed by atoms with Crippen LogP contribution in [0, 0.1) is 0 Å². The van der Waals surface area contributed by atoms with E-state index in [9.17, 15) is 9.59 Å². The molecule has 2 amide bonds. The van der Waals surface area contributed by atoms with Crippen molar-refractivity contribution in [1.82, 2.24) is 58.6 Å². The molecule has 2 atom stereocenters. The fourth-order valence-electron chi connectivity index (χ4n) is 7.43. The summed E-state index contributed by atoms with van der Waals surface area (Å²) in [4.78, 5) is 38.4. The van der Waals surface area contributed by atoms with Gasteiger partial charge in [-0.15, -0.1) is 0 Å². The summed E-state index contributed by atoms with van der Waals surface area (Å²) >= 11 is 3.61. The summed E-state index contributed by atoms with van der Waals surface area (Å²) in [5, 5.41) is 17.3. The third kappa shape index (κ3) is 9.14. The van der Waals surface area contributed by atoms with E-state index >= 15 is 0 Å². The van der Waals surface area contributed by atoms with E-state index in [0.717, 1.165) is 59.3 Å². The Labute approximate surface area is 351 Å². The zero-order valence-corrected chi connectivity index (χ0v) is 36.5. The van der Waals surface area contributed by atoms with Crippen LogP contribution in [0.25, 0.3) is 33.5 Å². The van der Waals surface area contributed by atoms with Gasteiger partial charge in [0.1, 0.15) is 22.8 Å². The highest BCUT2D eigenvalue weighted by Gasteiger charge is 2.32. The first-order valence-corrected chi connectivity index (χ1v) is 20.5. The number of hydrogen-bond donors (Lipinski definition) is 2. The number of amides is 2.